The van der Waals surface area contributed by atoms with Crippen molar-refractivity contribution >= 4 is 0 Å². The molecule has 4 bridgehead atoms. The summed E-state index contributed by atoms with van der Waals surface area (Å²) in [6, 6.07) is 9.17. The molecule has 5 saturated carbocycles. The van der Waals surface area contributed by atoms with Gasteiger partial charge in [0.05, 0.1) is 6.61 Å². The Balaban J connectivity index is 1.34. The van der Waals surface area contributed by atoms with E-state index >= 15 is 0 Å². The van der Waals surface area contributed by atoms with Crippen molar-refractivity contribution in [2.45, 2.75) is 131 Å². The lowest BCUT2D eigenvalue weighted by atomic mass is 9.49. The molecular formula is C34H54O2. The predicted molar refractivity (Wildman–Crippen MR) is 150 cm³/mol. The van der Waals surface area contributed by atoms with Gasteiger partial charge in [-0.2, -0.15) is 0 Å². The summed E-state index contributed by atoms with van der Waals surface area (Å²) in [7, 11) is 0. The summed E-state index contributed by atoms with van der Waals surface area (Å²) in [5.74, 6) is 5.00. The van der Waals surface area contributed by atoms with Crippen LogP contribution in [-0.2, 0) is 4.74 Å². The molecule has 0 aromatic heterocycles. The summed E-state index contributed by atoms with van der Waals surface area (Å²) in [6.45, 7) is 15.1. The fraction of sp³-hybridized carbons (Fsp3) is 0.824. The van der Waals surface area contributed by atoms with Crippen molar-refractivity contribution in [3.8, 4) is 5.75 Å². The average Bonchev–Trinajstić information content (AvgIpc) is 2.79. The molecule has 0 amide bonds. The quantitative estimate of drug-likeness (QED) is 0.335. The highest BCUT2D eigenvalue weighted by Gasteiger charge is 2.56. The molecule has 2 nitrogen and oxygen atoms in total. The molecule has 0 spiro atoms. The van der Waals surface area contributed by atoms with Gasteiger partial charge in [0.15, 0.2) is 0 Å². The van der Waals surface area contributed by atoms with E-state index in [4.69, 9.17) is 9.47 Å². The first-order chi connectivity index (χ1) is 17.0. The summed E-state index contributed by atoms with van der Waals surface area (Å²) >= 11 is 0. The Morgan fingerprint density at radius 2 is 1.36 bits per heavy atom. The number of hydrogen-bond donors (Lipinski definition) is 0. The van der Waals surface area contributed by atoms with Crippen molar-refractivity contribution in [1.82, 2.24) is 0 Å². The summed E-state index contributed by atoms with van der Waals surface area (Å²) in [4.78, 5) is 0. The van der Waals surface area contributed by atoms with E-state index in [1.165, 1.54) is 82.6 Å². The Kier molecular flexibility index (Phi) is 7.59. The van der Waals surface area contributed by atoms with Gasteiger partial charge in [0, 0.05) is 5.41 Å². The summed E-state index contributed by atoms with van der Waals surface area (Å²) in [6.07, 6.45) is 16.3. The van der Waals surface area contributed by atoms with Crippen LogP contribution in [0.3, 0.4) is 0 Å². The van der Waals surface area contributed by atoms with Crippen LogP contribution in [0.4, 0.5) is 0 Å². The van der Waals surface area contributed by atoms with Gasteiger partial charge in [-0.15, -0.1) is 0 Å². The van der Waals surface area contributed by atoms with Crippen LogP contribution < -0.4 is 4.74 Å². The maximum absolute atomic E-state index is 6.89. The van der Waals surface area contributed by atoms with Crippen LogP contribution in [0.1, 0.15) is 130 Å². The predicted octanol–water partition coefficient (Wildman–Crippen LogP) is 9.77. The number of rotatable bonds is 8. The molecule has 0 radical (unpaired) electrons. The molecule has 5 aliphatic rings. The minimum Gasteiger partial charge on any atom is -0.464 e. The van der Waals surface area contributed by atoms with Crippen LogP contribution >= 0.6 is 0 Å². The first kappa shape index (κ1) is 26.6. The Hall–Kier alpha value is -1.02. The highest BCUT2D eigenvalue weighted by molar-refractivity contribution is 5.31. The SMILES string of the molecule is CC(C)(C)CC(c1ccc(OC(OCC2CCCCC2)C23CC4CC(CC(C4)C2)C3)cc1)C(C)(C)C. The first-order valence-corrected chi connectivity index (χ1v) is 15.4. The molecule has 5 fully saturated rings. The maximum atomic E-state index is 6.89. The molecule has 36 heavy (non-hydrogen) atoms. The van der Waals surface area contributed by atoms with Crippen molar-refractivity contribution in [3.05, 3.63) is 29.8 Å². The summed E-state index contributed by atoms with van der Waals surface area (Å²) < 4.78 is 13.7. The fourth-order valence-electron chi connectivity index (χ4n) is 8.82. The fourth-order valence-corrected chi connectivity index (χ4v) is 8.82. The summed E-state index contributed by atoms with van der Waals surface area (Å²) in [5, 5.41) is 0. The largest absolute Gasteiger partial charge is 0.464 e. The molecule has 6 rings (SSSR count). The zero-order chi connectivity index (χ0) is 25.6. The van der Waals surface area contributed by atoms with Crippen LogP contribution in [0.15, 0.2) is 24.3 Å². The van der Waals surface area contributed by atoms with E-state index < -0.39 is 0 Å². The highest BCUT2D eigenvalue weighted by atomic mass is 16.7. The molecule has 0 N–H and O–H groups in total. The van der Waals surface area contributed by atoms with Crippen molar-refractivity contribution in [3.63, 3.8) is 0 Å². The van der Waals surface area contributed by atoms with Crippen LogP contribution in [0.25, 0.3) is 0 Å². The van der Waals surface area contributed by atoms with Gasteiger partial charge < -0.3 is 9.47 Å². The molecule has 2 unspecified atom stereocenters. The van der Waals surface area contributed by atoms with Gasteiger partial charge in [0.2, 0.25) is 6.29 Å². The van der Waals surface area contributed by atoms with Gasteiger partial charge in [-0.05, 0) is 116 Å². The second-order valence-corrected chi connectivity index (χ2v) is 15.8. The van der Waals surface area contributed by atoms with Crippen molar-refractivity contribution in [1.29, 1.82) is 0 Å². The lowest BCUT2D eigenvalue weighted by Gasteiger charge is -2.58. The third-order valence-electron chi connectivity index (χ3n) is 10.2. The van der Waals surface area contributed by atoms with Crippen LogP contribution in [0, 0.1) is 39.9 Å². The van der Waals surface area contributed by atoms with E-state index in [1.807, 2.05) is 0 Å². The second kappa shape index (κ2) is 10.3. The standard InChI is InChI=1S/C34H54O2/c1-32(2,3)22-30(33(4,5)6)28-12-14-29(15-13-28)36-31(35-23-24-10-8-7-9-11-24)34-19-25-16-26(20-34)18-27(17-25)21-34/h12-15,24-27,30-31H,7-11,16-23H2,1-6H3. The Morgan fingerprint density at radius 3 is 1.86 bits per heavy atom. The Bertz CT molecular complexity index is 813. The van der Waals surface area contributed by atoms with E-state index in [-0.39, 0.29) is 17.1 Å². The molecule has 0 saturated heterocycles. The second-order valence-electron chi connectivity index (χ2n) is 15.8. The first-order valence-electron chi connectivity index (χ1n) is 15.4. The Labute approximate surface area is 222 Å². The van der Waals surface area contributed by atoms with Crippen LogP contribution in [0.5, 0.6) is 5.75 Å². The third-order valence-corrected chi connectivity index (χ3v) is 10.2. The molecule has 0 aliphatic heterocycles. The van der Waals surface area contributed by atoms with Gasteiger partial charge in [-0.25, -0.2) is 0 Å². The van der Waals surface area contributed by atoms with Gasteiger partial charge in [-0.1, -0.05) is 72.9 Å². The zero-order valence-electron chi connectivity index (χ0n) is 24.3. The molecular weight excluding hydrogens is 440 g/mol. The lowest BCUT2D eigenvalue weighted by molar-refractivity contribution is -0.220. The zero-order valence-corrected chi connectivity index (χ0v) is 24.3. The van der Waals surface area contributed by atoms with E-state index in [1.54, 1.807) is 0 Å². The molecule has 1 aromatic carbocycles. The minimum absolute atomic E-state index is 0.0772. The third kappa shape index (κ3) is 6.16. The normalized spacial score (nSPS) is 32.4. The van der Waals surface area contributed by atoms with E-state index in [0.717, 1.165) is 36.0 Å². The average molecular weight is 495 g/mol. The molecule has 1 aromatic rings. The number of ether oxygens (including phenoxy) is 2. The minimum atomic E-state index is -0.0772. The number of benzene rings is 1. The smallest absolute Gasteiger partial charge is 0.205 e. The number of hydrogen-bond acceptors (Lipinski definition) is 2. The van der Waals surface area contributed by atoms with Crippen molar-refractivity contribution in [2.24, 2.45) is 39.9 Å². The molecule has 0 heterocycles. The summed E-state index contributed by atoms with van der Waals surface area (Å²) in [5.41, 5.74) is 2.23. The Morgan fingerprint density at radius 1 is 0.806 bits per heavy atom. The van der Waals surface area contributed by atoms with Gasteiger partial charge >= 0.3 is 0 Å². The molecule has 5 aliphatic carbocycles. The van der Waals surface area contributed by atoms with Crippen LogP contribution in [-0.4, -0.2) is 12.9 Å². The molecule has 202 valence electrons. The van der Waals surface area contributed by atoms with E-state index in [2.05, 4.69) is 65.8 Å². The van der Waals surface area contributed by atoms with Crippen LogP contribution in [0.2, 0.25) is 0 Å². The lowest BCUT2D eigenvalue weighted by Crippen LogP contribution is -2.54. The van der Waals surface area contributed by atoms with Gasteiger partial charge in [-0.3, -0.25) is 0 Å². The topological polar surface area (TPSA) is 18.5 Å². The highest BCUT2D eigenvalue weighted by Crippen LogP contribution is 2.62. The van der Waals surface area contributed by atoms with E-state index in [9.17, 15) is 0 Å². The maximum Gasteiger partial charge on any atom is 0.205 e. The van der Waals surface area contributed by atoms with Gasteiger partial charge in [0.1, 0.15) is 5.75 Å². The molecule has 2 atom stereocenters. The van der Waals surface area contributed by atoms with Gasteiger partial charge in [0.25, 0.3) is 0 Å². The molecule has 2 heteroatoms. The van der Waals surface area contributed by atoms with E-state index in [0.29, 0.717) is 11.3 Å². The monoisotopic (exact) mass is 494 g/mol. The van der Waals surface area contributed by atoms with Crippen molar-refractivity contribution < 1.29 is 9.47 Å². The van der Waals surface area contributed by atoms with Crippen molar-refractivity contribution in [2.75, 3.05) is 6.61 Å².